The molecule has 0 aromatic heterocycles. The quantitative estimate of drug-likeness (QED) is 0.797. The van der Waals surface area contributed by atoms with Crippen LogP contribution >= 0.6 is 0 Å². The summed E-state index contributed by atoms with van der Waals surface area (Å²) < 4.78 is 5.29. The number of amides is 1. The highest BCUT2D eigenvalue weighted by atomic mass is 16.6. The minimum Gasteiger partial charge on any atom is -0.459 e. The summed E-state index contributed by atoms with van der Waals surface area (Å²) in [5.74, 6) is -0.752. The molecule has 0 fully saturated rings. The Hall–Kier alpha value is -2.08. The summed E-state index contributed by atoms with van der Waals surface area (Å²) in [6.45, 7) is 5.55. The standard InChI is InChI=1S/C15H21N3O3/c1-15(2,3)21-13(19)9-18-12-7-5-4-6-11(12)17-8-10(16)14(18)20/h4-7,10,17H,8-9,16H2,1-3H3/t10-/m1/s1. The Kier molecular flexibility index (Phi) is 4.18. The molecule has 1 aliphatic rings. The molecule has 0 saturated heterocycles. The lowest BCUT2D eigenvalue weighted by atomic mass is 10.2. The molecule has 0 unspecified atom stereocenters. The number of nitrogens with two attached hydrogens (primary N) is 1. The number of esters is 1. The van der Waals surface area contributed by atoms with Gasteiger partial charge in [0.15, 0.2) is 0 Å². The summed E-state index contributed by atoms with van der Waals surface area (Å²) in [6.07, 6.45) is 0. The normalized spacial score (nSPS) is 18.6. The van der Waals surface area contributed by atoms with E-state index in [1.54, 1.807) is 26.8 Å². The van der Waals surface area contributed by atoms with Crippen molar-refractivity contribution >= 4 is 23.3 Å². The molecule has 0 radical (unpaired) electrons. The van der Waals surface area contributed by atoms with Crippen molar-refractivity contribution in [1.29, 1.82) is 0 Å². The third-order valence-corrected chi connectivity index (χ3v) is 3.00. The summed E-state index contributed by atoms with van der Waals surface area (Å²) in [5.41, 5.74) is 6.67. The average molecular weight is 291 g/mol. The van der Waals surface area contributed by atoms with Crippen LogP contribution in [0.1, 0.15) is 20.8 Å². The van der Waals surface area contributed by atoms with E-state index in [9.17, 15) is 9.59 Å². The number of carbonyl (C=O) groups excluding carboxylic acids is 2. The van der Waals surface area contributed by atoms with Crippen molar-refractivity contribution in [3.8, 4) is 0 Å². The fourth-order valence-electron chi connectivity index (χ4n) is 2.15. The Balaban J connectivity index is 2.26. The molecule has 6 nitrogen and oxygen atoms in total. The zero-order valence-electron chi connectivity index (χ0n) is 12.6. The van der Waals surface area contributed by atoms with Gasteiger partial charge in [0.2, 0.25) is 5.91 Å². The fraction of sp³-hybridized carbons (Fsp3) is 0.467. The van der Waals surface area contributed by atoms with Crippen LogP contribution in [0, 0.1) is 0 Å². The van der Waals surface area contributed by atoms with Gasteiger partial charge in [0.05, 0.1) is 11.4 Å². The van der Waals surface area contributed by atoms with Crippen LogP contribution in [0.5, 0.6) is 0 Å². The number of para-hydroxylation sites is 2. The largest absolute Gasteiger partial charge is 0.459 e. The van der Waals surface area contributed by atoms with Crippen molar-refractivity contribution in [2.24, 2.45) is 5.73 Å². The fourth-order valence-corrected chi connectivity index (χ4v) is 2.15. The highest BCUT2D eigenvalue weighted by Gasteiger charge is 2.30. The summed E-state index contributed by atoms with van der Waals surface area (Å²) in [5, 5.41) is 3.12. The second-order valence-corrected chi connectivity index (χ2v) is 6.02. The molecule has 6 heteroatoms. The van der Waals surface area contributed by atoms with Crippen molar-refractivity contribution in [3.63, 3.8) is 0 Å². The van der Waals surface area contributed by atoms with Crippen LogP contribution in [0.25, 0.3) is 0 Å². The maximum absolute atomic E-state index is 12.4. The first-order valence-corrected chi connectivity index (χ1v) is 6.89. The molecule has 1 atom stereocenters. The monoisotopic (exact) mass is 291 g/mol. The van der Waals surface area contributed by atoms with Gasteiger partial charge in [-0.05, 0) is 32.9 Å². The third kappa shape index (κ3) is 3.72. The lowest BCUT2D eigenvalue weighted by Gasteiger charge is -2.26. The Morgan fingerprint density at radius 1 is 1.43 bits per heavy atom. The van der Waals surface area contributed by atoms with E-state index in [0.29, 0.717) is 12.2 Å². The van der Waals surface area contributed by atoms with Gasteiger partial charge in [-0.15, -0.1) is 0 Å². The van der Waals surface area contributed by atoms with Gasteiger partial charge in [-0.2, -0.15) is 0 Å². The minimum atomic E-state index is -0.695. The van der Waals surface area contributed by atoms with Gasteiger partial charge in [-0.3, -0.25) is 14.5 Å². The number of benzene rings is 1. The van der Waals surface area contributed by atoms with E-state index >= 15 is 0 Å². The number of hydrogen-bond donors (Lipinski definition) is 2. The predicted molar refractivity (Wildman–Crippen MR) is 81.1 cm³/mol. The Morgan fingerprint density at radius 2 is 2.10 bits per heavy atom. The van der Waals surface area contributed by atoms with Crippen molar-refractivity contribution in [1.82, 2.24) is 0 Å². The summed E-state index contributed by atoms with van der Waals surface area (Å²) in [4.78, 5) is 25.8. The van der Waals surface area contributed by atoms with Crippen LogP contribution in [0.15, 0.2) is 24.3 Å². The van der Waals surface area contributed by atoms with Gasteiger partial charge in [0.1, 0.15) is 18.2 Å². The first-order valence-electron chi connectivity index (χ1n) is 6.89. The molecule has 1 aromatic rings. The van der Waals surface area contributed by atoms with E-state index in [0.717, 1.165) is 5.69 Å². The van der Waals surface area contributed by atoms with Crippen LogP contribution in [-0.4, -0.2) is 36.6 Å². The lowest BCUT2D eigenvalue weighted by Crippen LogP contribution is -2.48. The molecule has 0 spiro atoms. The molecule has 1 heterocycles. The van der Waals surface area contributed by atoms with Crippen LogP contribution in [0.4, 0.5) is 11.4 Å². The van der Waals surface area contributed by atoms with Gasteiger partial charge in [-0.1, -0.05) is 12.1 Å². The Labute approximate surface area is 124 Å². The number of hydrogen-bond acceptors (Lipinski definition) is 5. The Morgan fingerprint density at radius 3 is 2.76 bits per heavy atom. The van der Waals surface area contributed by atoms with Gasteiger partial charge < -0.3 is 15.8 Å². The molecule has 0 aliphatic carbocycles. The van der Waals surface area contributed by atoms with Gasteiger partial charge >= 0.3 is 5.97 Å². The highest BCUT2D eigenvalue weighted by Crippen LogP contribution is 2.28. The zero-order valence-corrected chi connectivity index (χ0v) is 12.6. The molecule has 1 aliphatic heterocycles. The second-order valence-electron chi connectivity index (χ2n) is 6.02. The first-order chi connectivity index (χ1) is 9.78. The first kappa shape index (κ1) is 15.3. The minimum absolute atomic E-state index is 0.150. The van der Waals surface area contributed by atoms with E-state index in [4.69, 9.17) is 10.5 Å². The molecule has 114 valence electrons. The number of nitrogens with zero attached hydrogens (tertiary/aromatic N) is 1. The maximum atomic E-state index is 12.4. The summed E-state index contributed by atoms with van der Waals surface area (Å²) in [6, 6.07) is 6.61. The van der Waals surface area contributed by atoms with Crippen LogP contribution in [-0.2, 0) is 14.3 Å². The molecular formula is C15H21N3O3. The van der Waals surface area contributed by atoms with E-state index < -0.39 is 17.6 Å². The molecule has 0 bridgehead atoms. The number of rotatable bonds is 2. The number of carbonyl (C=O) groups is 2. The third-order valence-electron chi connectivity index (χ3n) is 3.00. The average Bonchev–Trinajstić information content (AvgIpc) is 2.49. The molecular weight excluding hydrogens is 270 g/mol. The second kappa shape index (κ2) is 5.73. The molecule has 21 heavy (non-hydrogen) atoms. The summed E-state index contributed by atoms with van der Waals surface area (Å²) >= 11 is 0. The molecule has 3 N–H and O–H groups in total. The van der Waals surface area contributed by atoms with Gasteiger partial charge in [-0.25, -0.2) is 0 Å². The number of nitrogens with one attached hydrogen (secondary N) is 1. The van der Waals surface area contributed by atoms with E-state index in [2.05, 4.69) is 5.32 Å². The smallest absolute Gasteiger partial charge is 0.326 e. The van der Waals surface area contributed by atoms with Crippen molar-refractivity contribution < 1.29 is 14.3 Å². The predicted octanol–water partition coefficient (Wildman–Crippen LogP) is 1.11. The molecule has 2 rings (SSSR count). The molecule has 1 aromatic carbocycles. The lowest BCUT2D eigenvalue weighted by molar-refractivity contribution is -0.153. The topological polar surface area (TPSA) is 84.7 Å². The van der Waals surface area contributed by atoms with Crippen molar-refractivity contribution in [2.75, 3.05) is 23.3 Å². The van der Waals surface area contributed by atoms with Crippen molar-refractivity contribution in [2.45, 2.75) is 32.4 Å². The van der Waals surface area contributed by atoms with Crippen LogP contribution < -0.4 is 16.0 Å². The van der Waals surface area contributed by atoms with Crippen LogP contribution in [0.2, 0.25) is 0 Å². The van der Waals surface area contributed by atoms with Crippen LogP contribution in [0.3, 0.4) is 0 Å². The molecule has 1 amide bonds. The van der Waals surface area contributed by atoms with E-state index in [1.165, 1.54) is 4.90 Å². The maximum Gasteiger partial charge on any atom is 0.326 e. The number of ether oxygens (including phenoxy) is 1. The summed E-state index contributed by atoms with van der Waals surface area (Å²) in [7, 11) is 0. The number of anilines is 2. The zero-order chi connectivity index (χ0) is 15.6. The highest BCUT2D eigenvalue weighted by molar-refractivity contribution is 6.04. The van der Waals surface area contributed by atoms with E-state index in [1.807, 2.05) is 18.2 Å². The molecule has 0 saturated carbocycles. The van der Waals surface area contributed by atoms with Crippen molar-refractivity contribution in [3.05, 3.63) is 24.3 Å². The number of fused-ring (bicyclic) bond motifs is 1. The Bertz CT molecular complexity index is 551. The SMILES string of the molecule is CC(C)(C)OC(=O)CN1C(=O)[C@H](N)CNc2ccccc21. The van der Waals surface area contributed by atoms with E-state index in [-0.39, 0.29) is 12.5 Å². The van der Waals surface area contributed by atoms with Gasteiger partial charge in [0.25, 0.3) is 0 Å². The van der Waals surface area contributed by atoms with Gasteiger partial charge in [0, 0.05) is 6.54 Å².